The highest BCUT2D eigenvalue weighted by Gasteiger charge is 2.24. The van der Waals surface area contributed by atoms with Crippen molar-refractivity contribution in [1.82, 2.24) is 9.88 Å². The Balaban J connectivity index is 1.86. The zero-order valence-corrected chi connectivity index (χ0v) is 17.0. The molecule has 1 unspecified atom stereocenters. The van der Waals surface area contributed by atoms with E-state index in [-0.39, 0.29) is 5.41 Å². The molecule has 2 heterocycles. The summed E-state index contributed by atoms with van der Waals surface area (Å²) in [5, 5.41) is 0. The van der Waals surface area contributed by atoms with E-state index in [1.807, 2.05) is 0 Å². The maximum absolute atomic E-state index is 5.09. The summed E-state index contributed by atoms with van der Waals surface area (Å²) < 4.78 is 0. The molecular weight excluding hydrogens is 316 g/mol. The van der Waals surface area contributed by atoms with E-state index in [1.54, 1.807) is 0 Å². The van der Waals surface area contributed by atoms with Crippen molar-refractivity contribution >= 4 is 0 Å². The molecule has 1 atom stereocenters. The van der Waals surface area contributed by atoms with Gasteiger partial charge in [-0.3, -0.25) is 9.88 Å². The van der Waals surface area contributed by atoms with Crippen molar-refractivity contribution < 1.29 is 0 Å². The fourth-order valence-corrected chi connectivity index (χ4v) is 3.91. The molecule has 2 aromatic rings. The van der Waals surface area contributed by atoms with Crippen LogP contribution in [0.4, 0.5) is 0 Å². The van der Waals surface area contributed by atoms with Gasteiger partial charge < -0.3 is 0 Å². The van der Waals surface area contributed by atoms with E-state index in [0.717, 1.165) is 5.69 Å². The minimum absolute atomic E-state index is 0.189. The van der Waals surface area contributed by atoms with Gasteiger partial charge in [-0.2, -0.15) is 0 Å². The summed E-state index contributed by atoms with van der Waals surface area (Å²) >= 11 is 0. The van der Waals surface area contributed by atoms with Crippen LogP contribution in [0.25, 0.3) is 11.3 Å². The number of benzene rings is 1. The number of nitrogens with zero attached hydrogens (tertiary/aromatic N) is 2. The maximum Gasteiger partial charge on any atom is 0.0706 e. The van der Waals surface area contributed by atoms with E-state index < -0.39 is 0 Å². The second-order valence-corrected chi connectivity index (χ2v) is 8.68. The van der Waals surface area contributed by atoms with Crippen LogP contribution in [0.3, 0.4) is 0 Å². The summed E-state index contributed by atoms with van der Waals surface area (Å²) in [4.78, 5) is 7.73. The van der Waals surface area contributed by atoms with Gasteiger partial charge in [-0.25, -0.2) is 0 Å². The first-order chi connectivity index (χ1) is 12.5. The Bertz CT molecular complexity index is 691. The first-order valence-electron chi connectivity index (χ1n) is 10.3. The van der Waals surface area contributed by atoms with Gasteiger partial charge in [-0.05, 0) is 55.5 Å². The van der Waals surface area contributed by atoms with Crippen LogP contribution >= 0.6 is 0 Å². The highest BCUT2D eigenvalue weighted by molar-refractivity contribution is 5.60. The molecule has 0 N–H and O–H groups in total. The van der Waals surface area contributed by atoms with E-state index in [0.29, 0.717) is 6.04 Å². The van der Waals surface area contributed by atoms with E-state index >= 15 is 0 Å². The predicted molar refractivity (Wildman–Crippen MR) is 111 cm³/mol. The van der Waals surface area contributed by atoms with Gasteiger partial charge >= 0.3 is 0 Å². The Morgan fingerprint density at radius 1 is 1.00 bits per heavy atom. The molecule has 3 rings (SSSR count). The molecule has 0 radical (unpaired) electrons. The van der Waals surface area contributed by atoms with Crippen molar-refractivity contribution in [3.8, 4) is 11.3 Å². The SMILES string of the molecule is CCCCC(c1cccc(-c2ccc(C(C)(C)C)cc2)n1)N1CCCC1. The van der Waals surface area contributed by atoms with E-state index in [9.17, 15) is 0 Å². The normalized spacial score (nSPS) is 16.8. The van der Waals surface area contributed by atoms with Crippen molar-refractivity contribution in [2.24, 2.45) is 0 Å². The van der Waals surface area contributed by atoms with Crippen molar-refractivity contribution in [3.05, 3.63) is 53.7 Å². The molecule has 0 amide bonds. The highest BCUT2D eigenvalue weighted by atomic mass is 15.2. The molecule has 1 aliphatic rings. The van der Waals surface area contributed by atoms with Gasteiger partial charge in [0.1, 0.15) is 0 Å². The standard InChI is InChI=1S/C24H34N2/c1-5-6-12-23(26-17-7-8-18-26)22-11-9-10-21(25-22)19-13-15-20(16-14-19)24(2,3)4/h9-11,13-16,23H,5-8,12,17-18H2,1-4H3. The average Bonchev–Trinajstić information content (AvgIpc) is 3.16. The Labute approximate surface area is 159 Å². The fourth-order valence-electron chi connectivity index (χ4n) is 3.91. The van der Waals surface area contributed by atoms with Crippen LogP contribution in [0.15, 0.2) is 42.5 Å². The summed E-state index contributed by atoms with van der Waals surface area (Å²) in [6.07, 6.45) is 6.40. The third-order valence-electron chi connectivity index (χ3n) is 5.57. The number of hydrogen-bond acceptors (Lipinski definition) is 2. The molecule has 1 saturated heterocycles. The molecule has 1 aliphatic heterocycles. The van der Waals surface area contributed by atoms with Crippen LogP contribution in [-0.4, -0.2) is 23.0 Å². The smallest absolute Gasteiger partial charge is 0.0706 e. The Hall–Kier alpha value is -1.67. The first-order valence-corrected chi connectivity index (χ1v) is 10.3. The average molecular weight is 351 g/mol. The van der Waals surface area contributed by atoms with Gasteiger partial charge in [0.05, 0.1) is 17.4 Å². The molecule has 0 spiro atoms. The first kappa shape index (κ1) is 19.1. The van der Waals surface area contributed by atoms with Crippen molar-refractivity contribution in [3.63, 3.8) is 0 Å². The van der Waals surface area contributed by atoms with Crippen LogP contribution < -0.4 is 0 Å². The van der Waals surface area contributed by atoms with E-state index in [4.69, 9.17) is 4.98 Å². The third-order valence-corrected chi connectivity index (χ3v) is 5.57. The third kappa shape index (κ3) is 4.54. The van der Waals surface area contributed by atoms with Crippen molar-refractivity contribution in [2.75, 3.05) is 13.1 Å². The summed E-state index contributed by atoms with van der Waals surface area (Å²) in [7, 11) is 0. The minimum atomic E-state index is 0.189. The molecule has 0 bridgehead atoms. The lowest BCUT2D eigenvalue weighted by atomic mass is 9.86. The second kappa shape index (κ2) is 8.35. The van der Waals surface area contributed by atoms with Gasteiger partial charge in [-0.15, -0.1) is 0 Å². The van der Waals surface area contributed by atoms with E-state index in [2.05, 4.69) is 75.1 Å². The van der Waals surface area contributed by atoms with Crippen molar-refractivity contribution in [1.29, 1.82) is 0 Å². The van der Waals surface area contributed by atoms with Crippen LogP contribution in [0.2, 0.25) is 0 Å². The predicted octanol–water partition coefficient (Wildman–Crippen LogP) is 6.37. The molecule has 26 heavy (non-hydrogen) atoms. The van der Waals surface area contributed by atoms with Gasteiger partial charge in [-0.1, -0.05) is 70.9 Å². The molecule has 0 saturated carbocycles. The topological polar surface area (TPSA) is 16.1 Å². The Morgan fingerprint density at radius 3 is 2.31 bits per heavy atom. The number of rotatable bonds is 6. The van der Waals surface area contributed by atoms with Crippen LogP contribution in [0.5, 0.6) is 0 Å². The van der Waals surface area contributed by atoms with E-state index in [1.165, 1.54) is 62.0 Å². The molecular formula is C24H34N2. The fraction of sp³-hybridized carbons (Fsp3) is 0.542. The molecule has 1 fully saturated rings. The van der Waals surface area contributed by atoms with Gasteiger partial charge in [0.15, 0.2) is 0 Å². The number of hydrogen-bond donors (Lipinski definition) is 0. The molecule has 2 nitrogen and oxygen atoms in total. The maximum atomic E-state index is 5.09. The summed E-state index contributed by atoms with van der Waals surface area (Å²) in [6, 6.07) is 16.0. The summed E-state index contributed by atoms with van der Waals surface area (Å²) in [6.45, 7) is 11.5. The van der Waals surface area contributed by atoms with Crippen molar-refractivity contribution in [2.45, 2.75) is 71.3 Å². The quantitative estimate of drug-likeness (QED) is 0.601. The number of pyridine rings is 1. The summed E-state index contributed by atoms with van der Waals surface area (Å²) in [5.74, 6) is 0. The number of likely N-dealkylation sites (tertiary alicyclic amines) is 1. The molecule has 140 valence electrons. The lowest BCUT2D eigenvalue weighted by Gasteiger charge is -2.27. The molecule has 1 aromatic heterocycles. The molecule has 1 aromatic carbocycles. The molecule has 2 heteroatoms. The van der Waals surface area contributed by atoms with Crippen LogP contribution in [0.1, 0.15) is 77.1 Å². The van der Waals surface area contributed by atoms with Gasteiger partial charge in [0.25, 0.3) is 0 Å². The highest BCUT2D eigenvalue weighted by Crippen LogP contribution is 2.31. The van der Waals surface area contributed by atoms with Crippen LogP contribution in [0, 0.1) is 0 Å². The molecule has 0 aliphatic carbocycles. The lowest BCUT2D eigenvalue weighted by molar-refractivity contribution is 0.225. The lowest BCUT2D eigenvalue weighted by Crippen LogP contribution is -2.26. The Kier molecular flexibility index (Phi) is 6.13. The number of unbranched alkanes of at least 4 members (excludes halogenated alkanes) is 1. The zero-order chi connectivity index (χ0) is 18.6. The van der Waals surface area contributed by atoms with Gasteiger partial charge in [0, 0.05) is 5.56 Å². The van der Waals surface area contributed by atoms with Gasteiger partial charge in [0.2, 0.25) is 0 Å². The zero-order valence-electron chi connectivity index (χ0n) is 17.0. The Morgan fingerprint density at radius 2 is 1.69 bits per heavy atom. The summed E-state index contributed by atoms with van der Waals surface area (Å²) in [5.41, 5.74) is 5.13. The second-order valence-electron chi connectivity index (χ2n) is 8.68. The monoisotopic (exact) mass is 350 g/mol. The largest absolute Gasteiger partial charge is 0.295 e. The number of aromatic nitrogens is 1. The van der Waals surface area contributed by atoms with Crippen LogP contribution in [-0.2, 0) is 5.41 Å². The minimum Gasteiger partial charge on any atom is -0.295 e.